The van der Waals surface area contributed by atoms with E-state index in [0.29, 0.717) is 0 Å². The predicted octanol–water partition coefficient (Wildman–Crippen LogP) is 1.64. The third-order valence-corrected chi connectivity index (χ3v) is 3.50. The third-order valence-electron chi connectivity index (χ3n) is 3.50. The van der Waals surface area contributed by atoms with E-state index in [1.807, 2.05) is 0 Å². The van der Waals surface area contributed by atoms with Gasteiger partial charge >= 0.3 is 0 Å². The van der Waals surface area contributed by atoms with Crippen molar-refractivity contribution in [2.24, 2.45) is 5.41 Å². The summed E-state index contributed by atoms with van der Waals surface area (Å²) in [4.78, 5) is 0. The molecule has 2 fully saturated rings. The Morgan fingerprint density at radius 2 is 2.00 bits per heavy atom. The molecule has 2 aliphatic rings. The van der Waals surface area contributed by atoms with Gasteiger partial charge in [-0.2, -0.15) is 0 Å². The zero-order chi connectivity index (χ0) is 7.24. The third kappa shape index (κ3) is 0.878. The molecule has 0 saturated carbocycles. The van der Waals surface area contributed by atoms with E-state index < -0.39 is 0 Å². The lowest BCUT2D eigenvalue weighted by Gasteiger charge is -2.36. The Labute approximate surface area is 63.6 Å². The van der Waals surface area contributed by atoms with Crippen LogP contribution < -0.4 is 0 Å². The van der Waals surface area contributed by atoms with Crippen molar-refractivity contribution in [3.8, 4) is 0 Å². The molecule has 0 spiro atoms. The fourth-order valence-corrected chi connectivity index (χ4v) is 2.90. The van der Waals surface area contributed by atoms with E-state index in [1.165, 1.54) is 43.4 Å². The minimum atomic E-state index is 0.729. The van der Waals surface area contributed by atoms with Crippen molar-refractivity contribution in [3.63, 3.8) is 0 Å². The molecule has 0 amide bonds. The van der Waals surface area contributed by atoms with Crippen LogP contribution in [0.4, 0.5) is 0 Å². The largest absolute Gasteiger partial charge is 0.326 e. The number of hydrogen-bond acceptors (Lipinski definition) is 0. The number of piperidine rings is 1. The quantitative estimate of drug-likeness (QED) is 0.449. The zero-order valence-electron chi connectivity index (χ0n) is 7.19. The van der Waals surface area contributed by atoms with Gasteiger partial charge in [-0.15, -0.1) is 0 Å². The SMILES string of the molecule is CC12CCC[N+](C)(CC1)C2. The molecule has 0 aromatic rings. The fourth-order valence-electron chi connectivity index (χ4n) is 2.90. The van der Waals surface area contributed by atoms with Crippen molar-refractivity contribution < 1.29 is 4.48 Å². The lowest BCUT2D eigenvalue weighted by atomic mass is 9.83. The maximum Gasteiger partial charge on any atom is 0.0841 e. The van der Waals surface area contributed by atoms with Gasteiger partial charge in [0.25, 0.3) is 0 Å². The van der Waals surface area contributed by atoms with E-state index in [4.69, 9.17) is 0 Å². The summed E-state index contributed by atoms with van der Waals surface area (Å²) in [5.41, 5.74) is 0.729. The van der Waals surface area contributed by atoms with Gasteiger partial charge in [0.15, 0.2) is 0 Å². The summed E-state index contributed by atoms with van der Waals surface area (Å²) in [6, 6.07) is 0. The average molecular weight is 140 g/mol. The summed E-state index contributed by atoms with van der Waals surface area (Å²) in [6.45, 7) is 6.80. The maximum absolute atomic E-state index is 2.47. The topological polar surface area (TPSA) is 0 Å². The summed E-state index contributed by atoms with van der Waals surface area (Å²) >= 11 is 0. The fraction of sp³-hybridized carbons (Fsp3) is 1.00. The van der Waals surface area contributed by atoms with Crippen LogP contribution in [0.3, 0.4) is 0 Å². The lowest BCUT2D eigenvalue weighted by molar-refractivity contribution is -0.904. The molecule has 0 aromatic carbocycles. The number of nitrogens with zero attached hydrogens (tertiary/aromatic N) is 1. The number of rotatable bonds is 0. The standard InChI is InChI=1S/C9H18N/c1-9-4-3-6-10(2,8-9)7-5-9/h3-8H2,1-2H3/q+1. The molecule has 2 saturated heterocycles. The maximum atomic E-state index is 2.47. The van der Waals surface area contributed by atoms with E-state index in [0.717, 1.165) is 5.41 Å². The second-order valence-electron chi connectivity index (χ2n) is 4.89. The molecular formula is C9H18N+. The van der Waals surface area contributed by atoms with Crippen molar-refractivity contribution in [1.29, 1.82) is 0 Å². The van der Waals surface area contributed by atoms with Gasteiger partial charge in [-0.25, -0.2) is 0 Å². The van der Waals surface area contributed by atoms with E-state index >= 15 is 0 Å². The summed E-state index contributed by atoms with van der Waals surface area (Å²) in [5.74, 6) is 0. The van der Waals surface area contributed by atoms with E-state index in [-0.39, 0.29) is 0 Å². The van der Waals surface area contributed by atoms with E-state index in [9.17, 15) is 0 Å². The molecule has 10 heavy (non-hydrogen) atoms. The van der Waals surface area contributed by atoms with Crippen molar-refractivity contribution >= 4 is 0 Å². The van der Waals surface area contributed by atoms with Gasteiger partial charge in [0.1, 0.15) is 0 Å². The van der Waals surface area contributed by atoms with Crippen LogP contribution in [0, 0.1) is 5.41 Å². The first-order valence-corrected chi connectivity index (χ1v) is 4.46. The molecule has 0 N–H and O–H groups in total. The first-order valence-electron chi connectivity index (χ1n) is 4.46. The van der Waals surface area contributed by atoms with Crippen LogP contribution in [0.2, 0.25) is 0 Å². The monoisotopic (exact) mass is 140 g/mol. The Kier molecular flexibility index (Phi) is 1.17. The number of quaternary nitrogens is 1. The van der Waals surface area contributed by atoms with E-state index in [1.54, 1.807) is 0 Å². The van der Waals surface area contributed by atoms with Crippen molar-refractivity contribution in [2.75, 3.05) is 26.7 Å². The Bertz CT molecular complexity index is 139. The first-order chi connectivity index (χ1) is 4.62. The average Bonchev–Trinajstić information content (AvgIpc) is 2.03. The van der Waals surface area contributed by atoms with Gasteiger partial charge in [0, 0.05) is 11.8 Å². The summed E-state index contributed by atoms with van der Waals surface area (Å²) in [5, 5.41) is 0. The molecule has 0 aromatic heterocycles. The molecule has 58 valence electrons. The van der Waals surface area contributed by atoms with Gasteiger partial charge < -0.3 is 4.48 Å². The Balaban J connectivity index is 2.20. The Morgan fingerprint density at radius 1 is 1.20 bits per heavy atom. The molecule has 2 heterocycles. The van der Waals surface area contributed by atoms with Crippen LogP contribution in [0.1, 0.15) is 26.2 Å². The van der Waals surface area contributed by atoms with Gasteiger partial charge in [0.2, 0.25) is 0 Å². The molecule has 1 nitrogen and oxygen atoms in total. The highest BCUT2D eigenvalue weighted by atomic mass is 15.4. The van der Waals surface area contributed by atoms with Crippen LogP contribution in [0.5, 0.6) is 0 Å². The second kappa shape index (κ2) is 1.76. The molecule has 1 heteroatoms. The Morgan fingerprint density at radius 3 is 2.60 bits per heavy atom. The molecule has 2 rings (SSSR count). The second-order valence-corrected chi connectivity index (χ2v) is 4.89. The van der Waals surface area contributed by atoms with Crippen LogP contribution in [0.25, 0.3) is 0 Å². The minimum absolute atomic E-state index is 0.729. The molecule has 2 unspecified atom stereocenters. The van der Waals surface area contributed by atoms with Gasteiger partial charge in [-0.1, -0.05) is 6.92 Å². The number of fused-ring (bicyclic) bond motifs is 2. The molecule has 2 aliphatic heterocycles. The molecule has 0 radical (unpaired) electrons. The Hall–Kier alpha value is -0.0400. The van der Waals surface area contributed by atoms with Crippen molar-refractivity contribution in [2.45, 2.75) is 26.2 Å². The van der Waals surface area contributed by atoms with E-state index in [2.05, 4.69) is 14.0 Å². The normalized spacial score (nSPS) is 53.4. The minimum Gasteiger partial charge on any atom is -0.326 e. The highest BCUT2D eigenvalue weighted by Gasteiger charge is 2.45. The highest BCUT2D eigenvalue weighted by Crippen LogP contribution is 2.41. The summed E-state index contributed by atoms with van der Waals surface area (Å²) in [6.07, 6.45) is 4.43. The van der Waals surface area contributed by atoms with Crippen LogP contribution >= 0.6 is 0 Å². The highest BCUT2D eigenvalue weighted by molar-refractivity contribution is 4.82. The van der Waals surface area contributed by atoms with Crippen LogP contribution in [-0.4, -0.2) is 31.2 Å². The van der Waals surface area contributed by atoms with Crippen molar-refractivity contribution in [1.82, 2.24) is 0 Å². The number of hydrogen-bond donors (Lipinski definition) is 0. The van der Waals surface area contributed by atoms with Gasteiger partial charge in [0.05, 0.1) is 26.7 Å². The predicted molar refractivity (Wildman–Crippen MR) is 42.7 cm³/mol. The summed E-state index contributed by atoms with van der Waals surface area (Å²) in [7, 11) is 2.42. The summed E-state index contributed by atoms with van der Waals surface area (Å²) < 4.78 is 1.37. The lowest BCUT2D eigenvalue weighted by Crippen LogP contribution is -2.46. The molecular weight excluding hydrogens is 122 g/mol. The van der Waals surface area contributed by atoms with Crippen LogP contribution in [0.15, 0.2) is 0 Å². The van der Waals surface area contributed by atoms with Crippen molar-refractivity contribution in [3.05, 3.63) is 0 Å². The van der Waals surface area contributed by atoms with Crippen LogP contribution in [-0.2, 0) is 0 Å². The molecule has 2 atom stereocenters. The van der Waals surface area contributed by atoms with Gasteiger partial charge in [-0.3, -0.25) is 0 Å². The van der Waals surface area contributed by atoms with Gasteiger partial charge in [-0.05, 0) is 12.8 Å². The first kappa shape index (κ1) is 6.66. The molecule has 2 bridgehead atoms. The molecule has 0 aliphatic carbocycles. The zero-order valence-corrected chi connectivity index (χ0v) is 7.19. The smallest absolute Gasteiger partial charge is 0.0841 e.